The molecule has 7 heteroatoms. The van der Waals surface area contributed by atoms with E-state index in [1.165, 1.54) is 17.4 Å². The number of anilines is 1. The second-order valence-electron chi connectivity index (χ2n) is 6.69. The van der Waals surface area contributed by atoms with Crippen LogP contribution in [0.25, 0.3) is 0 Å². The third-order valence-electron chi connectivity index (χ3n) is 4.52. The lowest BCUT2D eigenvalue weighted by molar-refractivity contribution is -0.114. The zero-order valence-electron chi connectivity index (χ0n) is 15.0. The normalized spacial score (nSPS) is 19.1. The fourth-order valence-electron chi connectivity index (χ4n) is 3.08. The van der Waals surface area contributed by atoms with Crippen LogP contribution in [0.3, 0.4) is 0 Å². The highest BCUT2D eigenvalue weighted by Gasteiger charge is 2.25. The lowest BCUT2D eigenvalue weighted by atomic mass is 10.0. The van der Waals surface area contributed by atoms with E-state index < -0.39 is 0 Å². The summed E-state index contributed by atoms with van der Waals surface area (Å²) in [7, 11) is 2.20. The maximum atomic E-state index is 11.1. The summed E-state index contributed by atoms with van der Waals surface area (Å²) in [6.07, 6.45) is 4.87. The van der Waals surface area contributed by atoms with Gasteiger partial charge in [-0.15, -0.1) is 11.3 Å². The zero-order chi connectivity index (χ0) is 17.8. The molecule has 25 heavy (non-hydrogen) atoms. The van der Waals surface area contributed by atoms with Crippen molar-refractivity contribution in [1.29, 1.82) is 0 Å². The van der Waals surface area contributed by atoms with Crippen molar-refractivity contribution in [1.82, 2.24) is 19.8 Å². The molecule has 1 amide bonds. The number of pyridine rings is 1. The van der Waals surface area contributed by atoms with Gasteiger partial charge in [-0.3, -0.25) is 14.7 Å². The molecule has 1 atom stereocenters. The van der Waals surface area contributed by atoms with Gasteiger partial charge in [-0.25, -0.2) is 4.98 Å². The minimum Gasteiger partial charge on any atom is -0.302 e. The van der Waals surface area contributed by atoms with Gasteiger partial charge in [-0.1, -0.05) is 6.07 Å². The highest BCUT2D eigenvalue weighted by atomic mass is 32.1. The molecule has 0 saturated carbocycles. The van der Waals surface area contributed by atoms with E-state index in [2.05, 4.69) is 44.3 Å². The number of aromatic nitrogens is 2. The smallest absolute Gasteiger partial charge is 0.223 e. The second-order valence-corrected chi connectivity index (χ2v) is 7.81. The Labute approximate surface area is 152 Å². The number of hydrogen-bond donors (Lipinski definition) is 1. The minimum absolute atomic E-state index is 0.0766. The van der Waals surface area contributed by atoms with Crippen LogP contribution in [-0.2, 0) is 17.8 Å². The van der Waals surface area contributed by atoms with Crippen molar-refractivity contribution in [3.8, 4) is 0 Å². The summed E-state index contributed by atoms with van der Waals surface area (Å²) in [4.78, 5) is 25.9. The zero-order valence-corrected chi connectivity index (χ0v) is 15.8. The van der Waals surface area contributed by atoms with Gasteiger partial charge in [0.05, 0.1) is 0 Å². The first-order chi connectivity index (χ1) is 12.0. The standard InChI is InChI=1S/C18H25N5OS/c1-13-4-5-15(9-19-13)8-16-11-23(7-6-22(16)3)12-17-10-20-18(25-17)21-14(2)24/h4-5,9-10,16H,6-8,11-12H2,1-3H3,(H,20,21,24)/t16-/m0/s1. The maximum absolute atomic E-state index is 11.1. The van der Waals surface area contributed by atoms with Crippen LogP contribution < -0.4 is 5.32 Å². The molecule has 0 radical (unpaired) electrons. The van der Waals surface area contributed by atoms with Crippen molar-refractivity contribution in [2.24, 2.45) is 0 Å². The highest BCUT2D eigenvalue weighted by molar-refractivity contribution is 7.15. The van der Waals surface area contributed by atoms with Crippen LogP contribution in [0.1, 0.15) is 23.1 Å². The molecule has 1 aliphatic heterocycles. The molecule has 1 aliphatic rings. The van der Waals surface area contributed by atoms with Gasteiger partial charge in [0.2, 0.25) is 5.91 Å². The van der Waals surface area contributed by atoms with Crippen molar-refractivity contribution in [2.75, 3.05) is 32.0 Å². The van der Waals surface area contributed by atoms with Gasteiger partial charge >= 0.3 is 0 Å². The molecule has 3 heterocycles. The fraction of sp³-hybridized carbons (Fsp3) is 0.500. The van der Waals surface area contributed by atoms with Crippen LogP contribution in [0.5, 0.6) is 0 Å². The van der Waals surface area contributed by atoms with Gasteiger partial charge in [0.1, 0.15) is 0 Å². The average molecular weight is 359 g/mol. The molecule has 0 aromatic carbocycles. The quantitative estimate of drug-likeness (QED) is 0.886. The number of amides is 1. The largest absolute Gasteiger partial charge is 0.302 e. The molecule has 6 nitrogen and oxygen atoms in total. The van der Waals surface area contributed by atoms with Crippen LogP contribution in [0.2, 0.25) is 0 Å². The van der Waals surface area contributed by atoms with Crippen molar-refractivity contribution in [2.45, 2.75) is 32.9 Å². The van der Waals surface area contributed by atoms with Crippen LogP contribution in [0, 0.1) is 6.92 Å². The number of aryl methyl sites for hydroxylation is 1. The Balaban J connectivity index is 1.59. The number of rotatable bonds is 5. The van der Waals surface area contributed by atoms with E-state index in [1.54, 1.807) is 11.3 Å². The molecule has 1 saturated heterocycles. The average Bonchev–Trinajstić information content (AvgIpc) is 2.99. The van der Waals surface area contributed by atoms with E-state index in [-0.39, 0.29) is 5.91 Å². The van der Waals surface area contributed by atoms with E-state index in [9.17, 15) is 4.79 Å². The molecule has 1 fully saturated rings. The Morgan fingerprint density at radius 3 is 2.88 bits per heavy atom. The number of likely N-dealkylation sites (N-methyl/N-ethyl adjacent to an activating group) is 1. The van der Waals surface area contributed by atoms with Gasteiger partial charge in [-0.05, 0) is 32.0 Å². The van der Waals surface area contributed by atoms with E-state index in [1.807, 2.05) is 19.3 Å². The first-order valence-electron chi connectivity index (χ1n) is 8.56. The Morgan fingerprint density at radius 2 is 2.16 bits per heavy atom. The molecule has 0 unspecified atom stereocenters. The molecule has 1 N–H and O–H groups in total. The van der Waals surface area contributed by atoms with Crippen molar-refractivity contribution >= 4 is 22.4 Å². The molecule has 3 rings (SSSR count). The lowest BCUT2D eigenvalue weighted by Crippen LogP contribution is -2.51. The third-order valence-corrected chi connectivity index (χ3v) is 5.42. The van der Waals surface area contributed by atoms with Crippen molar-refractivity contribution < 1.29 is 4.79 Å². The second kappa shape index (κ2) is 8.03. The SMILES string of the molecule is CC(=O)Nc1ncc(CN2CCN(C)[C@@H](Cc3ccc(C)nc3)C2)s1. The fourth-order valence-corrected chi connectivity index (χ4v) is 3.98. The predicted octanol–water partition coefficient (Wildman–Crippen LogP) is 2.16. The summed E-state index contributed by atoms with van der Waals surface area (Å²) in [6, 6.07) is 4.75. The van der Waals surface area contributed by atoms with E-state index in [0.29, 0.717) is 11.2 Å². The first kappa shape index (κ1) is 18.0. The first-order valence-corrected chi connectivity index (χ1v) is 9.37. The summed E-state index contributed by atoms with van der Waals surface area (Å²) < 4.78 is 0. The molecule has 2 aromatic heterocycles. The van der Waals surface area contributed by atoms with E-state index in [0.717, 1.165) is 38.3 Å². The van der Waals surface area contributed by atoms with Gasteiger partial charge in [-0.2, -0.15) is 0 Å². The lowest BCUT2D eigenvalue weighted by Gasteiger charge is -2.39. The van der Waals surface area contributed by atoms with E-state index in [4.69, 9.17) is 0 Å². The number of piperazine rings is 1. The van der Waals surface area contributed by atoms with Gasteiger partial charge < -0.3 is 10.2 Å². The number of carbonyl (C=O) groups excluding carboxylic acids is 1. The van der Waals surface area contributed by atoms with Crippen LogP contribution in [-0.4, -0.2) is 58.4 Å². The molecule has 0 spiro atoms. The number of carbonyl (C=O) groups is 1. The van der Waals surface area contributed by atoms with Crippen molar-refractivity contribution in [3.05, 3.63) is 40.7 Å². The van der Waals surface area contributed by atoms with Crippen molar-refractivity contribution in [3.63, 3.8) is 0 Å². The minimum atomic E-state index is -0.0766. The number of nitrogens with zero attached hydrogens (tertiary/aromatic N) is 4. The van der Waals surface area contributed by atoms with Gasteiger partial charge in [0, 0.05) is 62.1 Å². The maximum Gasteiger partial charge on any atom is 0.223 e. The molecule has 134 valence electrons. The predicted molar refractivity (Wildman–Crippen MR) is 101 cm³/mol. The number of hydrogen-bond acceptors (Lipinski definition) is 6. The van der Waals surface area contributed by atoms with Crippen LogP contribution >= 0.6 is 11.3 Å². The van der Waals surface area contributed by atoms with E-state index >= 15 is 0 Å². The van der Waals surface area contributed by atoms with Crippen LogP contribution in [0.4, 0.5) is 5.13 Å². The monoisotopic (exact) mass is 359 g/mol. The molecular formula is C18H25N5OS. The summed E-state index contributed by atoms with van der Waals surface area (Å²) in [5.41, 5.74) is 2.34. The van der Waals surface area contributed by atoms with Crippen LogP contribution in [0.15, 0.2) is 24.5 Å². The Hall–Kier alpha value is -1.83. The Bertz CT molecular complexity index is 715. The van der Waals surface area contributed by atoms with Gasteiger partial charge in [0.25, 0.3) is 0 Å². The summed E-state index contributed by atoms with van der Waals surface area (Å²) >= 11 is 1.55. The third kappa shape index (κ3) is 5.07. The summed E-state index contributed by atoms with van der Waals surface area (Å²) in [5, 5.41) is 3.43. The number of nitrogens with one attached hydrogen (secondary N) is 1. The molecule has 0 aliphatic carbocycles. The summed E-state index contributed by atoms with van der Waals surface area (Å²) in [5.74, 6) is -0.0766. The Kier molecular flexibility index (Phi) is 5.78. The summed E-state index contributed by atoms with van der Waals surface area (Å²) in [6.45, 7) is 7.54. The highest BCUT2D eigenvalue weighted by Crippen LogP contribution is 2.22. The molecule has 0 bridgehead atoms. The molecular weight excluding hydrogens is 334 g/mol. The van der Waals surface area contributed by atoms with Gasteiger partial charge in [0.15, 0.2) is 5.13 Å². The molecule has 2 aromatic rings. The topological polar surface area (TPSA) is 61.4 Å². The Morgan fingerprint density at radius 1 is 1.32 bits per heavy atom. The number of thiazole rings is 1.